The highest BCUT2D eigenvalue weighted by Crippen LogP contribution is 2.22. The molecule has 2 fully saturated rings. The van der Waals surface area contributed by atoms with Crippen molar-refractivity contribution in [1.29, 1.82) is 0 Å². The van der Waals surface area contributed by atoms with Gasteiger partial charge < -0.3 is 35.8 Å². The van der Waals surface area contributed by atoms with E-state index in [4.69, 9.17) is 4.74 Å². The van der Waals surface area contributed by atoms with Gasteiger partial charge in [-0.25, -0.2) is 9.79 Å². The highest BCUT2D eigenvalue weighted by Gasteiger charge is 2.42. The first-order valence-corrected chi connectivity index (χ1v) is 16.4. The number of nitrogens with zero attached hydrogens (tertiary/aromatic N) is 3. The van der Waals surface area contributed by atoms with Crippen molar-refractivity contribution >= 4 is 47.2 Å². The normalized spacial score (nSPS) is 23.9. The number of ether oxygens (including phenoxy) is 1. The lowest BCUT2D eigenvalue weighted by atomic mass is 10.0. The number of aliphatic imine (C=N–C) groups is 1. The van der Waals surface area contributed by atoms with E-state index in [9.17, 15) is 33.6 Å². The first-order chi connectivity index (χ1) is 22.9. The molecule has 5 unspecified atom stereocenters. The Balaban J connectivity index is 1.95. The van der Waals surface area contributed by atoms with Gasteiger partial charge in [0, 0.05) is 25.2 Å². The average Bonchev–Trinajstić information content (AvgIpc) is 3.56. The molecule has 2 aliphatic rings. The molecule has 0 aliphatic carbocycles. The van der Waals surface area contributed by atoms with Crippen LogP contribution in [-0.2, 0) is 39.9 Å². The minimum atomic E-state index is -1.44. The van der Waals surface area contributed by atoms with Crippen LogP contribution in [0.2, 0.25) is 0 Å². The minimum Gasteiger partial charge on any atom is -0.462 e. The molecular formula is C33H47N7O8. The summed E-state index contributed by atoms with van der Waals surface area (Å²) in [6, 6.07) is 2.71. The van der Waals surface area contributed by atoms with Crippen LogP contribution < -0.4 is 21.3 Å². The van der Waals surface area contributed by atoms with Gasteiger partial charge in [0.2, 0.25) is 29.5 Å². The second kappa shape index (κ2) is 17.9. The minimum absolute atomic E-state index is 0.0702. The molecule has 0 spiro atoms. The van der Waals surface area contributed by atoms with Gasteiger partial charge in [-0.1, -0.05) is 44.2 Å². The number of cyclic esters (lactones) is 1. The van der Waals surface area contributed by atoms with Gasteiger partial charge in [-0.3, -0.25) is 28.8 Å². The molecule has 2 saturated heterocycles. The number of nitrogens with one attached hydrogen (secondary N) is 4. The van der Waals surface area contributed by atoms with Crippen LogP contribution in [0.15, 0.2) is 35.3 Å². The molecule has 2 aliphatic heterocycles. The highest BCUT2D eigenvalue weighted by molar-refractivity contribution is 5.98. The SMILES string of the molecule is CCCN1C(=O)C2CCCN2C(=O)C(NC(=O)C(Cc2ccccc2)NC(=O)N=C(C)CC)COC(=O)CNC(=O)C(C)NC(=O)C1C. The molecule has 1 aromatic carbocycles. The summed E-state index contributed by atoms with van der Waals surface area (Å²) in [6.45, 7) is 7.63. The van der Waals surface area contributed by atoms with Gasteiger partial charge in [-0.2, -0.15) is 0 Å². The Morgan fingerprint density at radius 1 is 1.04 bits per heavy atom. The van der Waals surface area contributed by atoms with Crippen LogP contribution in [0.3, 0.4) is 0 Å². The number of hydrogen-bond donors (Lipinski definition) is 4. The average molecular weight is 670 g/mol. The lowest BCUT2D eigenvalue weighted by molar-refractivity contribution is -0.153. The molecule has 0 saturated carbocycles. The summed E-state index contributed by atoms with van der Waals surface area (Å²) in [5, 5.41) is 10.2. The van der Waals surface area contributed by atoms with Crippen LogP contribution >= 0.6 is 0 Å². The molecule has 2 heterocycles. The van der Waals surface area contributed by atoms with Crippen molar-refractivity contribution < 1.29 is 38.3 Å². The van der Waals surface area contributed by atoms with Crippen molar-refractivity contribution in [3.63, 3.8) is 0 Å². The summed E-state index contributed by atoms with van der Waals surface area (Å²) >= 11 is 0. The Hall–Kier alpha value is -4.82. The standard InChI is InChI=1S/C33H47N7O8/c1-6-15-39-22(5)29(43)36-21(4)28(42)34-18-27(41)48-19-25(31(45)40-16-11-14-26(40)32(39)46)37-30(44)24(17-23-12-9-8-10-13-23)38-33(47)35-20(3)7-2/h8-10,12-13,21-22,24-26H,6-7,11,14-19H2,1-5H3,(H,34,42)(H,36,43)(H,37,44)(H,38,47). The molecule has 0 radical (unpaired) electrons. The number of esters is 1. The fourth-order valence-corrected chi connectivity index (χ4v) is 5.43. The molecule has 48 heavy (non-hydrogen) atoms. The topological polar surface area (TPSA) is 196 Å². The maximum absolute atomic E-state index is 14.1. The Morgan fingerprint density at radius 3 is 2.42 bits per heavy atom. The summed E-state index contributed by atoms with van der Waals surface area (Å²) in [6.07, 6.45) is 1.94. The first kappa shape index (κ1) is 37.6. The van der Waals surface area contributed by atoms with Crippen molar-refractivity contribution in [3.05, 3.63) is 35.9 Å². The third-order valence-electron chi connectivity index (χ3n) is 8.30. The van der Waals surface area contributed by atoms with E-state index >= 15 is 0 Å². The maximum Gasteiger partial charge on any atom is 0.341 e. The number of benzene rings is 1. The van der Waals surface area contributed by atoms with Crippen LogP contribution in [0, 0.1) is 0 Å². The quantitative estimate of drug-likeness (QED) is 0.226. The van der Waals surface area contributed by atoms with Gasteiger partial charge in [0.05, 0.1) is 0 Å². The van der Waals surface area contributed by atoms with E-state index in [0.717, 1.165) is 5.56 Å². The van der Waals surface area contributed by atoms with Gasteiger partial charge >= 0.3 is 12.0 Å². The Labute approximate surface area is 280 Å². The number of rotatable bonds is 8. The Bertz CT molecular complexity index is 1380. The predicted octanol–water partition coefficient (Wildman–Crippen LogP) is 0.459. The van der Waals surface area contributed by atoms with Gasteiger partial charge in [-0.05, 0) is 52.0 Å². The van der Waals surface area contributed by atoms with Crippen LogP contribution in [0.5, 0.6) is 0 Å². The summed E-state index contributed by atoms with van der Waals surface area (Å²) in [5.74, 6) is -3.97. The van der Waals surface area contributed by atoms with Crippen LogP contribution in [0.4, 0.5) is 4.79 Å². The van der Waals surface area contributed by atoms with Crippen LogP contribution in [0.1, 0.15) is 65.9 Å². The van der Waals surface area contributed by atoms with Gasteiger partial charge in [0.25, 0.3) is 0 Å². The van der Waals surface area contributed by atoms with E-state index in [0.29, 0.717) is 31.4 Å². The summed E-state index contributed by atoms with van der Waals surface area (Å²) in [4.78, 5) is 99.6. The molecular weight excluding hydrogens is 622 g/mol. The molecule has 3 rings (SSSR count). The molecule has 0 bridgehead atoms. The van der Waals surface area contributed by atoms with E-state index in [1.807, 2.05) is 19.9 Å². The molecule has 7 amide bonds. The second-order valence-electron chi connectivity index (χ2n) is 12.0. The van der Waals surface area contributed by atoms with E-state index in [2.05, 4.69) is 26.3 Å². The zero-order valence-corrected chi connectivity index (χ0v) is 28.2. The Morgan fingerprint density at radius 2 is 1.75 bits per heavy atom. The molecule has 5 atom stereocenters. The van der Waals surface area contributed by atoms with E-state index < -0.39 is 84.9 Å². The fraction of sp³-hybridized carbons (Fsp3) is 0.576. The van der Waals surface area contributed by atoms with Gasteiger partial charge in [-0.15, -0.1) is 0 Å². The largest absolute Gasteiger partial charge is 0.462 e. The predicted molar refractivity (Wildman–Crippen MR) is 176 cm³/mol. The summed E-state index contributed by atoms with van der Waals surface area (Å²) in [5.41, 5.74) is 1.29. The van der Waals surface area contributed by atoms with Crippen LogP contribution in [-0.4, -0.2) is 113 Å². The van der Waals surface area contributed by atoms with Gasteiger partial charge in [0.15, 0.2) is 0 Å². The van der Waals surface area contributed by atoms with E-state index in [-0.39, 0.29) is 19.5 Å². The lowest BCUT2D eigenvalue weighted by Gasteiger charge is -2.35. The van der Waals surface area contributed by atoms with Crippen molar-refractivity contribution in [2.45, 2.75) is 96.9 Å². The fourth-order valence-electron chi connectivity index (χ4n) is 5.43. The number of hydrogen-bond acceptors (Lipinski definition) is 8. The number of carbonyl (C=O) groups is 7. The van der Waals surface area contributed by atoms with Crippen LogP contribution in [0.25, 0.3) is 0 Å². The van der Waals surface area contributed by atoms with Crippen molar-refractivity contribution in [2.24, 2.45) is 4.99 Å². The molecule has 15 heteroatoms. The number of amides is 7. The maximum atomic E-state index is 14.1. The van der Waals surface area contributed by atoms with Crippen molar-refractivity contribution in [2.75, 3.05) is 26.2 Å². The molecule has 15 nitrogen and oxygen atoms in total. The van der Waals surface area contributed by atoms with E-state index in [1.54, 1.807) is 38.1 Å². The Kier molecular flexibility index (Phi) is 14.1. The van der Waals surface area contributed by atoms with Gasteiger partial charge in [0.1, 0.15) is 43.4 Å². The smallest absolute Gasteiger partial charge is 0.341 e. The molecule has 4 N–H and O–H groups in total. The zero-order chi connectivity index (χ0) is 35.4. The second-order valence-corrected chi connectivity index (χ2v) is 12.0. The summed E-state index contributed by atoms with van der Waals surface area (Å²) in [7, 11) is 0. The highest BCUT2D eigenvalue weighted by atomic mass is 16.5. The third-order valence-corrected chi connectivity index (χ3v) is 8.30. The zero-order valence-electron chi connectivity index (χ0n) is 28.2. The molecule has 1 aromatic rings. The number of urea groups is 1. The van der Waals surface area contributed by atoms with Crippen molar-refractivity contribution in [3.8, 4) is 0 Å². The molecule has 0 aromatic heterocycles. The van der Waals surface area contributed by atoms with Crippen molar-refractivity contribution in [1.82, 2.24) is 31.1 Å². The first-order valence-electron chi connectivity index (χ1n) is 16.4. The lowest BCUT2D eigenvalue weighted by Crippen LogP contribution is -2.60. The molecule has 262 valence electrons. The monoisotopic (exact) mass is 669 g/mol. The number of fused-ring (bicyclic) bond motifs is 1. The van der Waals surface area contributed by atoms with E-state index in [1.165, 1.54) is 16.7 Å². The summed E-state index contributed by atoms with van der Waals surface area (Å²) < 4.78 is 5.32. The number of carbonyl (C=O) groups excluding carboxylic acids is 7. The third kappa shape index (κ3) is 10.3.